The van der Waals surface area contributed by atoms with Crippen molar-refractivity contribution in [3.05, 3.63) is 0 Å². The Balaban J connectivity index is 3.00. The standard InChI is InChI=1S/C20H45AsNO/c1-5-6-7-8-9-10-11-12-13-14-15-16-17-18-21-23-20-19-22(2,3)4/h21H,5-20H2,1-4H3/q+1. The van der Waals surface area contributed by atoms with E-state index in [4.69, 9.17) is 3.73 Å². The molecular formula is C20H45AsNO+. The fourth-order valence-corrected chi connectivity index (χ4v) is 4.30. The van der Waals surface area contributed by atoms with Gasteiger partial charge in [-0.25, -0.2) is 0 Å². The molecule has 0 aromatic heterocycles. The van der Waals surface area contributed by atoms with Gasteiger partial charge in [-0.2, -0.15) is 0 Å². The monoisotopic (exact) mass is 390 g/mol. The molecule has 0 radical (unpaired) electrons. The van der Waals surface area contributed by atoms with Crippen molar-refractivity contribution in [3.8, 4) is 0 Å². The summed E-state index contributed by atoms with van der Waals surface area (Å²) in [6, 6.07) is 0. The molecule has 0 bridgehead atoms. The Bertz CT molecular complexity index is 228. The Hall–Kier alpha value is 0.478. The summed E-state index contributed by atoms with van der Waals surface area (Å²) in [4.78, 5) is 0. The third-order valence-electron chi connectivity index (χ3n) is 4.35. The van der Waals surface area contributed by atoms with Gasteiger partial charge in [0.15, 0.2) is 0 Å². The maximum absolute atomic E-state index is 5.83. The molecule has 2 nitrogen and oxygen atoms in total. The predicted octanol–water partition coefficient (Wildman–Crippen LogP) is 5.57. The van der Waals surface area contributed by atoms with Crippen molar-refractivity contribution in [2.45, 2.75) is 95.6 Å². The SMILES string of the molecule is CCCCCCCCCCCCCCC[AsH]OCC[N+](C)(C)C. The molecule has 0 aromatic rings. The Morgan fingerprint density at radius 1 is 0.652 bits per heavy atom. The van der Waals surface area contributed by atoms with Crippen LogP contribution in [0.3, 0.4) is 0 Å². The number of hydrogen-bond acceptors (Lipinski definition) is 1. The van der Waals surface area contributed by atoms with Crippen molar-refractivity contribution in [1.82, 2.24) is 0 Å². The Morgan fingerprint density at radius 3 is 1.52 bits per heavy atom. The van der Waals surface area contributed by atoms with E-state index >= 15 is 0 Å². The van der Waals surface area contributed by atoms with E-state index in [1.54, 1.807) is 0 Å². The molecule has 0 aliphatic heterocycles. The van der Waals surface area contributed by atoms with Gasteiger partial charge in [0.1, 0.15) is 0 Å². The molecule has 0 aliphatic rings. The Labute approximate surface area is 154 Å². The van der Waals surface area contributed by atoms with E-state index in [9.17, 15) is 0 Å². The molecule has 0 saturated carbocycles. The van der Waals surface area contributed by atoms with Gasteiger partial charge < -0.3 is 0 Å². The van der Waals surface area contributed by atoms with Crippen LogP contribution in [0.15, 0.2) is 0 Å². The summed E-state index contributed by atoms with van der Waals surface area (Å²) in [5.41, 5.74) is 0. The van der Waals surface area contributed by atoms with E-state index in [0.717, 1.165) is 17.6 Å². The molecule has 0 aliphatic carbocycles. The summed E-state index contributed by atoms with van der Waals surface area (Å²) in [7, 11) is 6.70. The van der Waals surface area contributed by atoms with Gasteiger partial charge in [-0.15, -0.1) is 0 Å². The average Bonchev–Trinajstić information content (AvgIpc) is 2.49. The van der Waals surface area contributed by atoms with Crippen molar-refractivity contribution in [3.63, 3.8) is 0 Å². The molecule has 0 spiro atoms. The van der Waals surface area contributed by atoms with Gasteiger partial charge in [0.2, 0.25) is 0 Å². The Morgan fingerprint density at radius 2 is 1.09 bits per heavy atom. The first-order chi connectivity index (χ1) is 11.1. The summed E-state index contributed by atoms with van der Waals surface area (Å²) in [6.45, 7) is 4.39. The summed E-state index contributed by atoms with van der Waals surface area (Å²) in [5, 5.41) is 1.37. The van der Waals surface area contributed by atoms with Crippen LogP contribution >= 0.6 is 0 Å². The van der Waals surface area contributed by atoms with E-state index < -0.39 is 0 Å². The Kier molecular flexibility index (Phi) is 17.7. The molecule has 3 heteroatoms. The molecule has 1 atom stereocenters. The molecule has 0 N–H and O–H groups in total. The van der Waals surface area contributed by atoms with Crippen molar-refractivity contribution in [2.75, 3.05) is 34.3 Å². The van der Waals surface area contributed by atoms with Crippen molar-refractivity contribution in [2.24, 2.45) is 0 Å². The van der Waals surface area contributed by atoms with Crippen LogP contribution in [0.25, 0.3) is 0 Å². The van der Waals surface area contributed by atoms with Gasteiger partial charge in [0, 0.05) is 0 Å². The zero-order valence-corrected chi connectivity index (χ0v) is 18.8. The molecule has 0 heterocycles. The number of nitrogens with zero attached hydrogens (tertiary/aromatic N) is 1. The fraction of sp³-hybridized carbons (Fsp3) is 1.00. The predicted molar refractivity (Wildman–Crippen MR) is 107 cm³/mol. The van der Waals surface area contributed by atoms with Crippen LogP contribution in [0.2, 0.25) is 5.21 Å². The number of quaternary nitrogens is 1. The third-order valence-corrected chi connectivity index (χ3v) is 6.38. The zero-order chi connectivity index (χ0) is 17.2. The van der Waals surface area contributed by atoms with E-state index in [-0.39, 0.29) is 16.1 Å². The van der Waals surface area contributed by atoms with Gasteiger partial charge in [0.25, 0.3) is 0 Å². The number of unbranched alkanes of at least 4 members (excludes halogenated alkanes) is 12. The van der Waals surface area contributed by atoms with Crippen LogP contribution in [-0.4, -0.2) is 54.9 Å². The van der Waals surface area contributed by atoms with Crippen LogP contribution in [0, 0.1) is 0 Å². The van der Waals surface area contributed by atoms with Gasteiger partial charge >= 0.3 is 134 Å². The van der Waals surface area contributed by atoms with E-state index in [2.05, 4.69) is 28.1 Å². The second kappa shape index (κ2) is 17.3. The molecule has 1 unspecified atom stereocenters. The molecule has 140 valence electrons. The second-order valence-electron chi connectivity index (χ2n) is 8.00. The minimum absolute atomic E-state index is 0.109. The first-order valence-corrected chi connectivity index (χ1v) is 12.6. The minimum atomic E-state index is -0.109. The number of rotatable bonds is 18. The first kappa shape index (κ1) is 23.5. The molecule has 0 aromatic carbocycles. The van der Waals surface area contributed by atoms with E-state index in [1.807, 2.05) is 0 Å². The van der Waals surface area contributed by atoms with Crippen LogP contribution < -0.4 is 0 Å². The van der Waals surface area contributed by atoms with Crippen molar-refractivity contribution in [1.29, 1.82) is 0 Å². The van der Waals surface area contributed by atoms with E-state index in [0.29, 0.717) is 0 Å². The molecular weight excluding hydrogens is 345 g/mol. The van der Waals surface area contributed by atoms with Crippen molar-refractivity contribution >= 4 is 16.1 Å². The number of likely N-dealkylation sites (N-methyl/N-ethyl adjacent to an activating group) is 1. The summed E-state index contributed by atoms with van der Waals surface area (Å²) in [5.74, 6) is 0. The molecule has 23 heavy (non-hydrogen) atoms. The average molecular weight is 391 g/mol. The molecule has 0 saturated heterocycles. The number of hydrogen-bond donors (Lipinski definition) is 0. The molecule has 0 fully saturated rings. The summed E-state index contributed by atoms with van der Waals surface area (Å²) < 4.78 is 6.84. The van der Waals surface area contributed by atoms with Crippen LogP contribution in [-0.2, 0) is 3.73 Å². The molecule has 0 rings (SSSR count). The van der Waals surface area contributed by atoms with Crippen LogP contribution in [0.4, 0.5) is 0 Å². The fourth-order valence-electron chi connectivity index (χ4n) is 2.68. The van der Waals surface area contributed by atoms with Crippen LogP contribution in [0.5, 0.6) is 0 Å². The maximum atomic E-state index is 5.83. The zero-order valence-electron chi connectivity index (χ0n) is 16.7. The summed E-state index contributed by atoms with van der Waals surface area (Å²) in [6.07, 6.45) is 18.8. The summed E-state index contributed by atoms with van der Waals surface area (Å²) >= 11 is -0.109. The topological polar surface area (TPSA) is 9.23 Å². The third kappa shape index (κ3) is 22.5. The normalized spacial score (nSPS) is 12.5. The van der Waals surface area contributed by atoms with Crippen LogP contribution in [0.1, 0.15) is 90.4 Å². The van der Waals surface area contributed by atoms with E-state index in [1.165, 1.54) is 88.7 Å². The first-order valence-electron chi connectivity index (χ1n) is 10.2. The van der Waals surface area contributed by atoms with Gasteiger partial charge in [-0.1, -0.05) is 19.8 Å². The van der Waals surface area contributed by atoms with Gasteiger partial charge in [0.05, 0.1) is 0 Å². The second-order valence-corrected chi connectivity index (χ2v) is 10.3. The quantitative estimate of drug-likeness (QED) is 0.169. The molecule has 0 amide bonds. The van der Waals surface area contributed by atoms with Crippen molar-refractivity contribution < 1.29 is 8.21 Å². The van der Waals surface area contributed by atoms with Gasteiger partial charge in [-0.05, 0) is 0 Å². The van der Waals surface area contributed by atoms with Gasteiger partial charge in [-0.3, -0.25) is 0 Å².